The first kappa shape index (κ1) is 16.9. The predicted molar refractivity (Wildman–Crippen MR) is 94.4 cm³/mol. The summed E-state index contributed by atoms with van der Waals surface area (Å²) in [7, 11) is 4.07. The Morgan fingerprint density at radius 3 is 1.26 bits per heavy atom. The van der Waals surface area contributed by atoms with E-state index in [1.54, 1.807) is 0 Å². The van der Waals surface area contributed by atoms with Gasteiger partial charge < -0.3 is 5.11 Å². The van der Waals surface area contributed by atoms with Crippen molar-refractivity contribution in [3.05, 3.63) is 108 Å². The molecule has 0 atom stereocenters. The SMILES string of the molecule is C[N+](C)c1ccccc1.[O-][C](c1ccccc1)c1ccccc1. The molecule has 0 aromatic heterocycles. The van der Waals surface area contributed by atoms with Crippen LogP contribution in [0.1, 0.15) is 11.1 Å². The van der Waals surface area contributed by atoms with Crippen molar-refractivity contribution in [1.29, 1.82) is 0 Å². The molecule has 3 rings (SSSR count). The van der Waals surface area contributed by atoms with Crippen LogP contribution in [0.3, 0.4) is 0 Å². The average molecular weight is 303 g/mol. The van der Waals surface area contributed by atoms with Gasteiger partial charge in [0, 0.05) is 12.1 Å². The molecule has 0 fully saturated rings. The molecule has 0 saturated carbocycles. The normalized spacial score (nSPS) is 10.3. The number of hydrogen-bond donors (Lipinski definition) is 0. The first-order chi connectivity index (χ1) is 11.2. The van der Waals surface area contributed by atoms with Crippen molar-refractivity contribution in [2.24, 2.45) is 0 Å². The Kier molecular flexibility index (Phi) is 6.55. The summed E-state index contributed by atoms with van der Waals surface area (Å²) in [5.74, 6) is 0. The Labute approximate surface area is 138 Å². The summed E-state index contributed by atoms with van der Waals surface area (Å²) in [6.07, 6.45) is 0.0752. The highest BCUT2D eigenvalue weighted by Crippen LogP contribution is 2.16. The quantitative estimate of drug-likeness (QED) is 0.678. The lowest BCUT2D eigenvalue weighted by molar-refractivity contribution is -0.333. The van der Waals surface area contributed by atoms with Crippen LogP contribution in [0.2, 0.25) is 0 Å². The molecule has 0 heterocycles. The fourth-order valence-electron chi connectivity index (χ4n) is 2.07. The maximum absolute atomic E-state index is 11.8. The summed E-state index contributed by atoms with van der Waals surface area (Å²) >= 11 is 0. The molecule has 0 unspecified atom stereocenters. The molecule has 2 nitrogen and oxygen atoms in total. The molecular weight excluding hydrogens is 282 g/mol. The lowest BCUT2D eigenvalue weighted by atomic mass is 10.0. The van der Waals surface area contributed by atoms with Gasteiger partial charge in [0.15, 0.2) is 5.69 Å². The van der Waals surface area contributed by atoms with Gasteiger partial charge in [0.2, 0.25) is 0 Å². The van der Waals surface area contributed by atoms with Gasteiger partial charge in [-0.15, -0.1) is 4.90 Å². The Balaban J connectivity index is 0.000000185. The molecule has 2 radical (unpaired) electrons. The molecule has 0 saturated heterocycles. The van der Waals surface area contributed by atoms with Crippen LogP contribution in [0.5, 0.6) is 0 Å². The van der Waals surface area contributed by atoms with E-state index < -0.39 is 0 Å². The van der Waals surface area contributed by atoms with E-state index in [-0.39, 0.29) is 6.10 Å². The highest BCUT2D eigenvalue weighted by atomic mass is 16.3. The molecule has 0 aliphatic carbocycles. The van der Waals surface area contributed by atoms with Crippen LogP contribution in [-0.2, 0) is 0 Å². The molecule has 0 aliphatic rings. The number of nitrogens with zero attached hydrogens (tertiary/aromatic N) is 1. The van der Waals surface area contributed by atoms with Crippen molar-refractivity contribution in [2.45, 2.75) is 0 Å². The van der Waals surface area contributed by atoms with E-state index >= 15 is 0 Å². The van der Waals surface area contributed by atoms with E-state index in [1.807, 2.05) is 93.0 Å². The third-order valence-corrected chi connectivity index (χ3v) is 3.34. The van der Waals surface area contributed by atoms with Gasteiger partial charge in [-0.1, -0.05) is 96.1 Å². The van der Waals surface area contributed by atoms with Crippen LogP contribution in [0, 0.1) is 6.10 Å². The minimum Gasteiger partial charge on any atom is -0.843 e. The number of benzene rings is 3. The molecule has 0 N–H and O–H groups in total. The van der Waals surface area contributed by atoms with Crippen molar-refractivity contribution >= 4 is 5.69 Å². The topological polar surface area (TPSA) is 29.0 Å². The first-order valence-corrected chi connectivity index (χ1v) is 7.55. The molecule has 0 aliphatic heterocycles. The van der Waals surface area contributed by atoms with E-state index in [0.29, 0.717) is 0 Å². The van der Waals surface area contributed by atoms with Gasteiger partial charge in [-0.05, 0) is 0 Å². The van der Waals surface area contributed by atoms with E-state index in [2.05, 4.69) is 17.0 Å². The second kappa shape index (κ2) is 8.89. The van der Waals surface area contributed by atoms with E-state index in [1.165, 1.54) is 5.69 Å². The van der Waals surface area contributed by atoms with Crippen molar-refractivity contribution in [1.82, 2.24) is 4.90 Å². The van der Waals surface area contributed by atoms with Gasteiger partial charge in [0.05, 0.1) is 0 Å². The molecule has 2 heteroatoms. The van der Waals surface area contributed by atoms with Gasteiger partial charge in [0.25, 0.3) is 0 Å². The van der Waals surface area contributed by atoms with Gasteiger partial charge in [0.1, 0.15) is 14.1 Å². The maximum atomic E-state index is 11.8. The van der Waals surface area contributed by atoms with Crippen LogP contribution in [0.15, 0.2) is 91.0 Å². The van der Waals surface area contributed by atoms with Crippen LogP contribution < -0.4 is 10.0 Å². The molecule has 116 valence electrons. The predicted octanol–water partition coefficient (Wildman–Crippen LogP) is 3.69. The summed E-state index contributed by atoms with van der Waals surface area (Å²) in [5, 5.41) is 11.8. The van der Waals surface area contributed by atoms with Crippen molar-refractivity contribution in [3.8, 4) is 0 Å². The summed E-state index contributed by atoms with van der Waals surface area (Å²) in [6, 6.07) is 28.9. The second-order valence-corrected chi connectivity index (χ2v) is 5.29. The maximum Gasteiger partial charge on any atom is 0.180 e. The van der Waals surface area contributed by atoms with Crippen LogP contribution >= 0.6 is 0 Å². The summed E-state index contributed by atoms with van der Waals surface area (Å²) in [6.45, 7) is 0. The highest BCUT2D eigenvalue weighted by molar-refractivity contribution is 5.40. The number of para-hydroxylation sites is 1. The van der Waals surface area contributed by atoms with Crippen molar-refractivity contribution in [2.75, 3.05) is 14.1 Å². The number of rotatable bonds is 3. The standard InChI is InChI=1S/C13H10O.C8H11N/c14-13(11-7-3-1-4-8-11)12-9-5-2-6-10-12;1-9(2)8-6-4-3-5-7-8/h1-10H;3-7H,1-2H3/q-1;+1. The highest BCUT2D eigenvalue weighted by Gasteiger charge is 2.00. The molecular formula is C21H21NO. The zero-order valence-corrected chi connectivity index (χ0v) is 13.5. The smallest absolute Gasteiger partial charge is 0.180 e. The molecule has 3 aromatic carbocycles. The van der Waals surface area contributed by atoms with E-state index in [0.717, 1.165) is 11.1 Å². The zero-order chi connectivity index (χ0) is 16.5. The lowest BCUT2D eigenvalue weighted by Gasteiger charge is -2.22. The minimum atomic E-state index is 0.0752. The fourth-order valence-corrected chi connectivity index (χ4v) is 2.07. The average Bonchev–Trinajstić information content (AvgIpc) is 2.64. The zero-order valence-electron chi connectivity index (χ0n) is 13.5. The second-order valence-electron chi connectivity index (χ2n) is 5.29. The minimum absolute atomic E-state index is 0.0752. The van der Waals surface area contributed by atoms with E-state index in [9.17, 15) is 5.11 Å². The molecule has 3 aromatic rings. The van der Waals surface area contributed by atoms with Crippen LogP contribution in [-0.4, -0.2) is 14.1 Å². The van der Waals surface area contributed by atoms with Gasteiger partial charge in [-0.3, -0.25) is 0 Å². The van der Waals surface area contributed by atoms with Gasteiger partial charge in [-0.2, -0.15) is 0 Å². The summed E-state index contributed by atoms with van der Waals surface area (Å²) in [4.78, 5) is 2.08. The Hall–Kier alpha value is -2.42. The first-order valence-electron chi connectivity index (χ1n) is 7.55. The Bertz CT molecular complexity index is 626. The van der Waals surface area contributed by atoms with Crippen molar-refractivity contribution < 1.29 is 5.11 Å². The lowest BCUT2D eigenvalue weighted by Crippen LogP contribution is -2.17. The third-order valence-electron chi connectivity index (χ3n) is 3.34. The van der Waals surface area contributed by atoms with Gasteiger partial charge >= 0.3 is 0 Å². The molecule has 0 bridgehead atoms. The third kappa shape index (κ3) is 5.37. The van der Waals surface area contributed by atoms with Crippen LogP contribution in [0.25, 0.3) is 0 Å². The summed E-state index contributed by atoms with van der Waals surface area (Å²) in [5.41, 5.74) is 2.72. The summed E-state index contributed by atoms with van der Waals surface area (Å²) < 4.78 is 0. The van der Waals surface area contributed by atoms with Crippen molar-refractivity contribution in [3.63, 3.8) is 0 Å². The number of hydrogen-bond acceptors (Lipinski definition) is 2. The van der Waals surface area contributed by atoms with E-state index in [4.69, 9.17) is 0 Å². The molecule has 23 heavy (non-hydrogen) atoms. The molecule has 0 spiro atoms. The monoisotopic (exact) mass is 303 g/mol. The van der Waals surface area contributed by atoms with Crippen LogP contribution in [0.4, 0.5) is 5.69 Å². The fraction of sp³-hybridized carbons (Fsp3) is 0.0952. The largest absolute Gasteiger partial charge is 0.843 e. The molecule has 0 amide bonds. The van der Waals surface area contributed by atoms with Gasteiger partial charge in [-0.25, -0.2) is 0 Å². The Morgan fingerprint density at radius 1 is 0.609 bits per heavy atom. The number of anilines is 1. The Morgan fingerprint density at radius 2 is 0.957 bits per heavy atom.